The molecule has 3 unspecified atom stereocenters. The molecule has 0 heterocycles. The Bertz CT molecular complexity index is 205. The van der Waals surface area contributed by atoms with E-state index in [1.54, 1.807) is 0 Å². The van der Waals surface area contributed by atoms with Gasteiger partial charge in [-0.25, -0.2) is 0 Å². The van der Waals surface area contributed by atoms with Gasteiger partial charge in [-0.15, -0.1) is 0 Å². The van der Waals surface area contributed by atoms with Gasteiger partial charge in [0.25, 0.3) is 0 Å². The monoisotopic (exact) mass is 183 g/mol. The van der Waals surface area contributed by atoms with Gasteiger partial charge in [0.15, 0.2) is 0 Å². The molecule has 2 saturated carbocycles. The highest BCUT2D eigenvalue weighted by molar-refractivity contribution is 5.68. The Morgan fingerprint density at radius 1 is 1.38 bits per heavy atom. The van der Waals surface area contributed by atoms with Crippen molar-refractivity contribution in [1.82, 2.24) is 5.32 Å². The highest BCUT2D eigenvalue weighted by Gasteiger charge is 2.38. The number of rotatable bonds is 4. The molecule has 0 radical (unpaired) electrons. The molecule has 0 aliphatic heterocycles. The zero-order chi connectivity index (χ0) is 9.26. The van der Waals surface area contributed by atoms with Crippen LogP contribution in [0.25, 0.3) is 0 Å². The van der Waals surface area contributed by atoms with Gasteiger partial charge in [0.1, 0.15) is 0 Å². The smallest absolute Gasteiger partial charge is 0.317 e. The SMILES string of the molecule is O=C(O)CNCC1CC2CCC1C2. The van der Waals surface area contributed by atoms with Gasteiger partial charge in [-0.05, 0) is 43.6 Å². The quantitative estimate of drug-likeness (QED) is 0.686. The molecule has 0 aromatic heterocycles. The Morgan fingerprint density at radius 2 is 2.23 bits per heavy atom. The third-order valence-corrected chi connectivity index (χ3v) is 3.57. The number of carboxylic acid groups (broad SMARTS) is 1. The van der Waals surface area contributed by atoms with Crippen LogP contribution < -0.4 is 5.32 Å². The summed E-state index contributed by atoms with van der Waals surface area (Å²) < 4.78 is 0. The molecule has 0 aromatic carbocycles. The van der Waals surface area contributed by atoms with Crippen molar-refractivity contribution in [2.24, 2.45) is 17.8 Å². The van der Waals surface area contributed by atoms with Gasteiger partial charge in [0.2, 0.25) is 0 Å². The van der Waals surface area contributed by atoms with E-state index in [1.807, 2.05) is 0 Å². The van der Waals surface area contributed by atoms with Crippen LogP contribution in [-0.2, 0) is 4.79 Å². The topological polar surface area (TPSA) is 49.3 Å². The van der Waals surface area contributed by atoms with Crippen molar-refractivity contribution in [1.29, 1.82) is 0 Å². The summed E-state index contributed by atoms with van der Waals surface area (Å²) >= 11 is 0. The van der Waals surface area contributed by atoms with Gasteiger partial charge in [0, 0.05) is 0 Å². The minimum atomic E-state index is -0.747. The Kier molecular flexibility index (Phi) is 2.54. The summed E-state index contributed by atoms with van der Waals surface area (Å²) in [5.74, 6) is 1.87. The predicted octanol–water partition coefficient (Wildman–Crippen LogP) is 1.10. The average molecular weight is 183 g/mol. The summed E-state index contributed by atoms with van der Waals surface area (Å²) in [6, 6.07) is 0. The molecule has 2 rings (SSSR count). The summed E-state index contributed by atoms with van der Waals surface area (Å²) in [4.78, 5) is 10.3. The standard InChI is InChI=1S/C10H17NO2/c12-10(13)6-11-5-9-4-7-1-2-8(9)3-7/h7-9,11H,1-6H2,(H,12,13). The maximum atomic E-state index is 10.3. The molecule has 0 saturated heterocycles. The molecule has 2 fully saturated rings. The second kappa shape index (κ2) is 3.66. The predicted molar refractivity (Wildman–Crippen MR) is 49.4 cm³/mol. The van der Waals surface area contributed by atoms with E-state index >= 15 is 0 Å². The number of fused-ring (bicyclic) bond motifs is 2. The number of aliphatic carboxylic acids is 1. The Morgan fingerprint density at radius 3 is 2.77 bits per heavy atom. The van der Waals surface area contributed by atoms with Gasteiger partial charge in [-0.3, -0.25) is 4.79 Å². The van der Waals surface area contributed by atoms with E-state index in [-0.39, 0.29) is 6.54 Å². The molecule has 2 bridgehead atoms. The lowest BCUT2D eigenvalue weighted by Crippen LogP contribution is -2.30. The lowest BCUT2D eigenvalue weighted by Gasteiger charge is -2.21. The van der Waals surface area contributed by atoms with Gasteiger partial charge in [-0.2, -0.15) is 0 Å². The van der Waals surface area contributed by atoms with Crippen LogP contribution in [0, 0.1) is 17.8 Å². The molecular weight excluding hydrogens is 166 g/mol. The molecular formula is C10H17NO2. The van der Waals surface area contributed by atoms with Crippen molar-refractivity contribution < 1.29 is 9.90 Å². The second-order valence-corrected chi connectivity index (χ2v) is 4.46. The Labute approximate surface area is 78.5 Å². The van der Waals surface area contributed by atoms with Crippen molar-refractivity contribution in [3.8, 4) is 0 Å². The zero-order valence-electron chi connectivity index (χ0n) is 7.83. The summed E-state index contributed by atoms with van der Waals surface area (Å²) in [7, 11) is 0. The molecule has 2 aliphatic carbocycles. The molecule has 0 aromatic rings. The Hall–Kier alpha value is -0.570. The molecule has 0 amide bonds. The van der Waals surface area contributed by atoms with E-state index in [0.717, 1.165) is 24.3 Å². The number of hydrogen-bond donors (Lipinski definition) is 2. The van der Waals surface area contributed by atoms with Crippen LogP contribution in [0.4, 0.5) is 0 Å². The lowest BCUT2D eigenvalue weighted by molar-refractivity contribution is -0.136. The first-order valence-electron chi connectivity index (χ1n) is 5.18. The highest BCUT2D eigenvalue weighted by atomic mass is 16.4. The van der Waals surface area contributed by atoms with Crippen molar-refractivity contribution in [2.75, 3.05) is 13.1 Å². The van der Waals surface area contributed by atoms with Crippen molar-refractivity contribution in [2.45, 2.75) is 25.7 Å². The maximum absolute atomic E-state index is 10.3. The van der Waals surface area contributed by atoms with Crippen LogP contribution in [-0.4, -0.2) is 24.2 Å². The normalized spacial score (nSPS) is 36.8. The molecule has 0 spiro atoms. The third kappa shape index (κ3) is 2.02. The number of carbonyl (C=O) groups is 1. The summed E-state index contributed by atoms with van der Waals surface area (Å²) in [5, 5.41) is 11.5. The van der Waals surface area contributed by atoms with Gasteiger partial charge < -0.3 is 10.4 Å². The van der Waals surface area contributed by atoms with Gasteiger partial charge in [0.05, 0.1) is 6.54 Å². The fourth-order valence-corrected chi connectivity index (χ4v) is 2.99. The first-order valence-corrected chi connectivity index (χ1v) is 5.18. The van der Waals surface area contributed by atoms with Crippen molar-refractivity contribution in [3.05, 3.63) is 0 Å². The number of carboxylic acids is 1. The van der Waals surface area contributed by atoms with E-state index < -0.39 is 5.97 Å². The zero-order valence-corrected chi connectivity index (χ0v) is 7.83. The third-order valence-electron chi connectivity index (χ3n) is 3.57. The fraction of sp³-hybridized carbons (Fsp3) is 0.900. The summed E-state index contributed by atoms with van der Waals surface area (Å²) in [6.07, 6.45) is 5.53. The molecule has 3 atom stereocenters. The van der Waals surface area contributed by atoms with E-state index in [2.05, 4.69) is 5.32 Å². The van der Waals surface area contributed by atoms with Crippen LogP contribution >= 0.6 is 0 Å². The molecule has 3 heteroatoms. The number of nitrogens with one attached hydrogen (secondary N) is 1. The lowest BCUT2D eigenvalue weighted by atomic mass is 9.89. The van der Waals surface area contributed by atoms with Crippen LogP contribution in [0.2, 0.25) is 0 Å². The second-order valence-electron chi connectivity index (χ2n) is 4.46. The molecule has 2 N–H and O–H groups in total. The molecule has 3 nitrogen and oxygen atoms in total. The fourth-order valence-electron chi connectivity index (χ4n) is 2.99. The average Bonchev–Trinajstić information content (AvgIpc) is 2.64. The first kappa shape index (κ1) is 9.00. The molecule has 74 valence electrons. The van der Waals surface area contributed by atoms with Crippen LogP contribution in [0.3, 0.4) is 0 Å². The van der Waals surface area contributed by atoms with E-state index in [1.165, 1.54) is 25.7 Å². The summed E-state index contributed by atoms with van der Waals surface area (Å²) in [5.41, 5.74) is 0. The van der Waals surface area contributed by atoms with Crippen LogP contribution in [0.15, 0.2) is 0 Å². The van der Waals surface area contributed by atoms with Crippen molar-refractivity contribution >= 4 is 5.97 Å². The highest BCUT2D eigenvalue weighted by Crippen LogP contribution is 2.47. The molecule has 2 aliphatic rings. The minimum absolute atomic E-state index is 0.119. The summed E-state index contributed by atoms with van der Waals surface area (Å²) in [6.45, 7) is 1.03. The van der Waals surface area contributed by atoms with Gasteiger partial charge >= 0.3 is 5.97 Å². The Balaban J connectivity index is 1.68. The van der Waals surface area contributed by atoms with Crippen molar-refractivity contribution in [3.63, 3.8) is 0 Å². The maximum Gasteiger partial charge on any atom is 0.317 e. The minimum Gasteiger partial charge on any atom is -0.480 e. The number of hydrogen-bond acceptors (Lipinski definition) is 2. The molecule has 13 heavy (non-hydrogen) atoms. The first-order chi connectivity index (χ1) is 6.25. The van der Waals surface area contributed by atoms with E-state index in [4.69, 9.17) is 5.11 Å². The van der Waals surface area contributed by atoms with Gasteiger partial charge in [-0.1, -0.05) is 6.42 Å². The van der Waals surface area contributed by atoms with E-state index in [0.29, 0.717) is 0 Å². The van der Waals surface area contributed by atoms with E-state index in [9.17, 15) is 4.79 Å². The largest absolute Gasteiger partial charge is 0.480 e. The van der Waals surface area contributed by atoms with Crippen LogP contribution in [0.1, 0.15) is 25.7 Å². The van der Waals surface area contributed by atoms with Crippen LogP contribution in [0.5, 0.6) is 0 Å².